The van der Waals surface area contributed by atoms with Crippen molar-refractivity contribution in [1.29, 1.82) is 0 Å². The largest absolute Gasteiger partial charge is 0.497 e. The first-order chi connectivity index (χ1) is 12.1. The minimum Gasteiger partial charge on any atom is -0.497 e. The highest BCUT2D eigenvalue weighted by molar-refractivity contribution is 5.79. The van der Waals surface area contributed by atoms with E-state index in [1.165, 1.54) is 5.69 Å². The number of aromatic nitrogens is 2. The molecule has 2 aromatic rings. The topological polar surface area (TPSA) is 63.5 Å². The summed E-state index contributed by atoms with van der Waals surface area (Å²) in [5.74, 6) is 1.70. The third kappa shape index (κ3) is 6.14. The van der Waals surface area contributed by atoms with Gasteiger partial charge in [0, 0.05) is 25.3 Å². The number of benzene rings is 1. The summed E-state index contributed by atoms with van der Waals surface area (Å²) in [6.07, 6.45) is 0.995. The van der Waals surface area contributed by atoms with E-state index < -0.39 is 0 Å². The molecule has 136 valence electrons. The highest BCUT2D eigenvalue weighted by atomic mass is 16.5. The van der Waals surface area contributed by atoms with E-state index in [1.54, 1.807) is 7.11 Å². The summed E-state index contributed by atoms with van der Waals surface area (Å²) in [4.78, 5) is 4.64. The zero-order chi connectivity index (χ0) is 18.1. The van der Waals surface area contributed by atoms with Crippen molar-refractivity contribution in [2.24, 2.45) is 4.99 Å². The summed E-state index contributed by atoms with van der Waals surface area (Å²) in [5.41, 5.74) is 3.43. The summed E-state index contributed by atoms with van der Waals surface area (Å²) in [6, 6.07) is 10.1. The molecule has 6 heteroatoms. The number of methoxy groups -OCH3 is 1. The number of hydrogen-bond donors (Lipinski definition) is 2. The van der Waals surface area contributed by atoms with Crippen LogP contribution in [0.4, 0.5) is 0 Å². The Morgan fingerprint density at radius 1 is 1.20 bits per heavy atom. The van der Waals surface area contributed by atoms with Gasteiger partial charge in [-0.15, -0.1) is 0 Å². The van der Waals surface area contributed by atoms with Crippen molar-refractivity contribution >= 4 is 5.96 Å². The van der Waals surface area contributed by atoms with Crippen molar-refractivity contribution in [1.82, 2.24) is 20.4 Å². The normalized spacial score (nSPS) is 11.4. The lowest BCUT2D eigenvalue weighted by Gasteiger charge is -2.12. The third-order valence-electron chi connectivity index (χ3n) is 3.87. The van der Waals surface area contributed by atoms with Crippen LogP contribution >= 0.6 is 0 Å². The van der Waals surface area contributed by atoms with Gasteiger partial charge in [-0.05, 0) is 51.0 Å². The predicted molar refractivity (Wildman–Crippen MR) is 102 cm³/mol. The van der Waals surface area contributed by atoms with E-state index in [2.05, 4.69) is 45.3 Å². The second kappa shape index (κ2) is 9.71. The van der Waals surface area contributed by atoms with Crippen molar-refractivity contribution in [2.75, 3.05) is 20.2 Å². The molecule has 1 aromatic carbocycles. The molecule has 0 aliphatic heterocycles. The Labute approximate surface area is 150 Å². The summed E-state index contributed by atoms with van der Waals surface area (Å²) in [5, 5.41) is 11.2. The number of guanidine groups is 1. The van der Waals surface area contributed by atoms with Crippen molar-refractivity contribution in [3.05, 3.63) is 47.3 Å². The molecule has 0 aliphatic carbocycles. The van der Waals surface area contributed by atoms with Gasteiger partial charge in [0.15, 0.2) is 5.96 Å². The van der Waals surface area contributed by atoms with E-state index in [9.17, 15) is 0 Å². The zero-order valence-electron chi connectivity index (χ0n) is 15.7. The van der Waals surface area contributed by atoms with Crippen LogP contribution in [0, 0.1) is 13.8 Å². The SMILES string of the molecule is CCNC(=NCc1ccc(OC)cc1)NCCCn1nc(C)cc1C. The van der Waals surface area contributed by atoms with Crippen LogP contribution in [0.15, 0.2) is 35.3 Å². The molecule has 0 saturated heterocycles. The standard InChI is InChI=1S/C19H29N5O/c1-5-20-19(22-14-17-7-9-18(25-4)10-8-17)21-11-6-12-24-16(3)13-15(2)23-24/h7-10,13H,5-6,11-12,14H2,1-4H3,(H2,20,21,22). The second-order valence-corrected chi connectivity index (χ2v) is 5.97. The van der Waals surface area contributed by atoms with Crippen molar-refractivity contribution in [2.45, 2.75) is 40.3 Å². The molecule has 0 atom stereocenters. The zero-order valence-corrected chi connectivity index (χ0v) is 15.7. The monoisotopic (exact) mass is 343 g/mol. The van der Waals surface area contributed by atoms with E-state index in [1.807, 2.05) is 31.2 Å². The first-order valence-electron chi connectivity index (χ1n) is 8.78. The van der Waals surface area contributed by atoms with Gasteiger partial charge in [0.05, 0.1) is 19.3 Å². The number of aryl methyl sites for hydroxylation is 3. The van der Waals surface area contributed by atoms with Crippen LogP contribution < -0.4 is 15.4 Å². The molecule has 0 radical (unpaired) electrons. The Morgan fingerprint density at radius 2 is 1.96 bits per heavy atom. The molecular formula is C19H29N5O. The fourth-order valence-electron chi connectivity index (χ4n) is 2.58. The van der Waals surface area contributed by atoms with Crippen LogP contribution in [0.25, 0.3) is 0 Å². The molecule has 0 aliphatic rings. The Hall–Kier alpha value is -2.50. The highest BCUT2D eigenvalue weighted by Gasteiger charge is 2.01. The van der Waals surface area contributed by atoms with E-state index in [-0.39, 0.29) is 0 Å². The third-order valence-corrected chi connectivity index (χ3v) is 3.87. The van der Waals surface area contributed by atoms with Gasteiger partial charge in [-0.1, -0.05) is 12.1 Å². The molecule has 0 saturated carbocycles. The minimum absolute atomic E-state index is 0.636. The fourth-order valence-corrected chi connectivity index (χ4v) is 2.58. The molecule has 2 N–H and O–H groups in total. The summed E-state index contributed by atoms with van der Waals surface area (Å²) >= 11 is 0. The van der Waals surface area contributed by atoms with Gasteiger partial charge >= 0.3 is 0 Å². The minimum atomic E-state index is 0.636. The lowest BCUT2D eigenvalue weighted by molar-refractivity contribution is 0.414. The molecular weight excluding hydrogens is 314 g/mol. The van der Waals surface area contributed by atoms with Crippen molar-refractivity contribution in [3.8, 4) is 5.75 Å². The molecule has 1 aromatic heterocycles. The van der Waals surface area contributed by atoms with Gasteiger partial charge in [-0.3, -0.25) is 4.68 Å². The van der Waals surface area contributed by atoms with Crippen LogP contribution in [-0.2, 0) is 13.1 Å². The average molecular weight is 343 g/mol. The van der Waals surface area contributed by atoms with Crippen molar-refractivity contribution in [3.63, 3.8) is 0 Å². The van der Waals surface area contributed by atoms with Gasteiger partial charge in [0.25, 0.3) is 0 Å². The Bertz CT molecular complexity index is 676. The summed E-state index contributed by atoms with van der Waals surface area (Å²) in [6.45, 7) is 9.42. The summed E-state index contributed by atoms with van der Waals surface area (Å²) in [7, 11) is 1.67. The maximum atomic E-state index is 5.18. The van der Waals surface area contributed by atoms with Crippen LogP contribution in [0.1, 0.15) is 30.3 Å². The summed E-state index contributed by atoms with van der Waals surface area (Å²) < 4.78 is 7.23. The van der Waals surface area contributed by atoms with E-state index >= 15 is 0 Å². The highest BCUT2D eigenvalue weighted by Crippen LogP contribution is 2.11. The molecule has 25 heavy (non-hydrogen) atoms. The molecule has 0 spiro atoms. The number of hydrogen-bond acceptors (Lipinski definition) is 3. The fraction of sp³-hybridized carbons (Fsp3) is 0.474. The van der Waals surface area contributed by atoms with Gasteiger partial charge < -0.3 is 15.4 Å². The molecule has 0 amide bonds. The average Bonchev–Trinajstić information content (AvgIpc) is 2.94. The van der Waals surface area contributed by atoms with Gasteiger partial charge in [0.2, 0.25) is 0 Å². The maximum Gasteiger partial charge on any atom is 0.191 e. The first-order valence-corrected chi connectivity index (χ1v) is 8.78. The van der Waals surface area contributed by atoms with Gasteiger partial charge in [-0.2, -0.15) is 5.10 Å². The quantitative estimate of drug-likeness (QED) is 0.439. The van der Waals surface area contributed by atoms with Crippen LogP contribution in [0.3, 0.4) is 0 Å². The molecule has 0 unspecified atom stereocenters. The number of nitrogens with zero attached hydrogens (tertiary/aromatic N) is 3. The molecule has 6 nitrogen and oxygen atoms in total. The van der Waals surface area contributed by atoms with E-state index in [0.29, 0.717) is 6.54 Å². The lowest BCUT2D eigenvalue weighted by atomic mass is 10.2. The van der Waals surface area contributed by atoms with Gasteiger partial charge in [-0.25, -0.2) is 4.99 Å². The van der Waals surface area contributed by atoms with Crippen LogP contribution in [0.5, 0.6) is 5.75 Å². The van der Waals surface area contributed by atoms with E-state index in [0.717, 1.165) is 49.0 Å². The lowest BCUT2D eigenvalue weighted by Crippen LogP contribution is -2.38. The molecule has 0 fully saturated rings. The second-order valence-electron chi connectivity index (χ2n) is 5.97. The van der Waals surface area contributed by atoms with Crippen LogP contribution in [0.2, 0.25) is 0 Å². The number of aliphatic imine (C=N–C) groups is 1. The molecule has 0 bridgehead atoms. The predicted octanol–water partition coefficient (Wildman–Crippen LogP) is 2.65. The number of nitrogens with one attached hydrogen (secondary N) is 2. The maximum absolute atomic E-state index is 5.18. The molecule has 2 rings (SSSR count). The Kier molecular flexibility index (Phi) is 7.32. The number of rotatable bonds is 8. The molecule has 1 heterocycles. The van der Waals surface area contributed by atoms with Crippen molar-refractivity contribution < 1.29 is 4.74 Å². The smallest absolute Gasteiger partial charge is 0.191 e. The number of ether oxygens (including phenoxy) is 1. The Balaban J connectivity index is 1.81. The first kappa shape index (κ1) is 18.8. The van der Waals surface area contributed by atoms with Crippen LogP contribution in [-0.4, -0.2) is 35.9 Å². The van der Waals surface area contributed by atoms with Gasteiger partial charge in [0.1, 0.15) is 5.75 Å². The Morgan fingerprint density at radius 3 is 2.56 bits per heavy atom. The van der Waals surface area contributed by atoms with E-state index in [4.69, 9.17) is 4.74 Å².